The molecule has 0 spiro atoms. The maximum Gasteiger partial charge on any atom is 0.341 e. The molecule has 1 aromatic heterocycles. The second kappa shape index (κ2) is 6.83. The van der Waals surface area contributed by atoms with Gasteiger partial charge in [0.15, 0.2) is 0 Å². The van der Waals surface area contributed by atoms with Gasteiger partial charge in [0.2, 0.25) is 0 Å². The van der Waals surface area contributed by atoms with E-state index >= 15 is 0 Å². The zero-order valence-electron chi connectivity index (χ0n) is 13.4. The monoisotopic (exact) mass is 316 g/mol. The minimum atomic E-state index is -0.355. The lowest BCUT2D eigenvalue weighted by Gasteiger charge is -2.31. The molecular formula is C17H20N2O4. The number of nitrogens with zero attached hydrogens (tertiary/aromatic N) is 2. The maximum atomic E-state index is 12.4. The number of benzene rings is 1. The van der Waals surface area contributed by atoms with Gasteiger partial charge in [0.25, 0.3) is 0 Å². The summed E-state index contributed by atoms with van der Waals surface area (Å²) in [6, 6.07) is 5.67. The van der Waals surface area contributed by atoms with Crippen LogP contribution in [-0.4, -0.2) is 51.0 Å². The Labute approximate surface area is 135 Å². The Kier molecular flexibility index (Phi) is 4.62. The standard InChI is InChI=1S/C17H20N2O4/c1-3-23-17(20)14-11-18-15-5-4-12(21-2)10-13(15)16(14)19-6-8-22-9-7-19/h4-5,10-11H,3,6-9H2,1-2H3. The van der Waals surface area contributed by atoms with E-state index in [2.05, 4.69) is 9.88 Å². The molecular weight excluding hydrogens is 296 g/mol. The van der Waals surface area contributed by atoms with E-state index in [0.29, 0.717) is 25.4 Å². The van der Waals surface area contributed by atoms with Gasteiger partial charge in [-0.2, -0.15) is 0 Å². The molecule has 2 heterocycles. The smallest absolute Gasteiger partial charge is 0.341 e. The zero-order chi connectivity index (χ0) is 16.2. The molecule has 0 saturated carbocycles. The second-order valence-corrected chi connectivity index (χ2v) is 5.22. The van der Waals surface area contributed by atoms with E-state index in [1.54, 1.807) is 20.2 Å². The predicted molar refractivity (Wildman–Crippen MR) is 87.3 cm³/mol. The molecule has 1 saturated heterocycles. The molecule has 0 radical (unpaired) electrons. The van der Waals surface area contributed by atoms with E-state index in [-0.39, 0.29) is 5.97 Å². The number of aromatic nitrogens is 1. The van der Waals surface area contributed by atoms with Crippen LogP contribution in [0.5, 0.6) is 5.75 Å². The number of pyridine rings is 1. The first-order chi connectivity index (χ1) is 11.2. The van der Waals surface area contributed by atoms with Crippen LogP contribution in [0.1, 0.15) is 17.3 Å². The number of morpholine rings is 1. The summed E-state index contributed by atoms with van der Waals surface area (Å²) in [5.41, 5.74) is 2.14. The third kappa shape index (κ3) is 3.07. The van der Waals surface area contributed by atoms with E-state index in [1.165, 1.54) is 0 Å². The highest BCUT2D eigenvalue weighted by Crippen LogP contribution is 2.33. The molecule has 1 aliphatic rings. The summed E-state index contributed by atoms with van der Waals surface area (Å²) >= 11 is 0. The van der Waals surface area contributed by atoms with Gasteiger partial charge in [0, 0.05) is 24.7 Å². The minimum absolute atomic E-state index is 0.331. The van der Waals surface area contributed by atoms with Gasteiger partial charge < -0.3 is 19.1 Å². The molecule has 0 N–H and O–H groups in total. The van der Waals surface area contributed by atoms with Crippen LogP contribution in [0.2, 0.25) is 0 Å². The van der Waals surface area contributed by atoms with Gasteiger partial charge in [-0.3, -0.25) is 4.98 Å². The highest BCUT2D eigenvalue weighted by molar-refractivity contribution is 6.05. The van der Waals surface area contributed by atoms with Crippen molar-refractivity contribution in [2.75, 3.05) is 44.9 Å². The Morgan fingerprint density at radius 3 is 2.83 bits per heavy atom. The average Bonchev–Trinajstić information content (AvgIpc) is 2.61. The van der Waals surface area contributed by atoms with E-state index < -0.39 is 0 Å². The fraction of sp³-hybridized carbons (Fsp3) is 0.412. The Hall–Kier alpha value is -2.34. The minimum Gasteiger partial charge on any atom is -0.497 e. The van der Waals surface area contributed by atoms with Gasteiger partial charge in [-0.15, -0.1) is 0 Å². The first kappa shape index (κ1) is 15.6. The van der Waals surface area contributed by atoms with Gasteiger partial charge >= 0.3 is 5.97 Å². The van der Waals surface area contributed by atoms with Crippen molar-refractivity contribution in [3.63, 3.8) is 0 Å². The number of carbonyl (C=O) groups excluding carboxylic acids is 1. The van der Waals surface area contributed by atoms with Crippen LogP contribution >= 0.6 is 0 Å². The second-order valence-electron chi connectivity index (χ2n) is 5.22. The molecule has 0 unspecified atom stereocenters. The van der Waals surface area contributed by atoms with Gasteiger partial charge in [0.1, 0.15) is 11.3 Å². The molecule has 0 atom stereocenters. The molecule has 6 nitrogen and oxygen atoms in total. The summed E-state index contributed by atoms with van der Waals surface area (Å²) in [5, 5.41) is 0.886. The lowest BCUT2D eigenvalue weighted by atomic mass is 10.1. The van der Waals surface area contributed by atoms with Crippen molar-refractivity contribution in [2.45, 2.75) is 6.92 Å². The highest BCUT2D eigenvalue weighted by Gasteiger charge is 2.23. The van der Waals surface area contributed by atoms with Gasteiger partial charge in [-0.25, -0.2) is 4.79 Å². The van der Waals surface area contributed by atoms with Crippen LogP contribution in [-0.2, 0) is 9.47 Å². The molecule has 1 aliphatic heterocycles. The van der Waals surface area contributed by atoms with Crippen molar-refractivity contribution in [1.82, 2.24) is 4.98 Å². The normalized spacial score (nSPS) is 14.8. The van der Waals surface area contributed by atoms with Crippen molar-refractivity contribution in [1.29, 1.82) is 0 Å². The summed E-state index contributed by atoms with van der Waals surface area (Å²) in [4.78, 5) is 18.9. The Balaban J connectivity index is 2.18. The molecule has 1 fully saturated rings. The van der Waals surface area contributed by atoms with Crippen LogP contribution in [0.15, 0.2) is 24.4 Å². The van der Waals surface area contributed by atoms with Crippen molar-refractivity contribution in [3.05, 3.63) is 30.0 Å². The predicted octanol–water partition coefficient (Wildman–Crippen LogP) is 2.26. The molecule has 0 aliphatic carbocycles. The quantitative estimate of drug-likeness (QED) is 0.806. The summed E-state index contributed by atoms with van der Waals surface area (Å²) in [7, 11) is 1.62. The summed E-state index contributed by atoms with van der Waals surface area (Å²) in [6.07, 6.45) is 1.59. The Morgan fingerprint density at radius 1 is 1.35 bits per heavy atom. The van der Waals surface area contributed by atoms with Crippen LogP contribution in [0.3, 0.4) is 0 Å². The van der Waals surface area contributed by atoms with E-state index in [0.717, 1.165) is 35.4 Å². The number of anilines is 1. The van der Waals surface area contributed by atoms with Crippen LogP contribution in [0, 0.1) is 0 Å². The van der Waals surface area contributed by atoms with Crippen LogP contribution in [0.4, 0.5) is 5.69 Å². The van der Waals surface area contributed by atoms with Crippen molar-refractivity contribution < 1.29 is 19.0 Å². The largest absolute Gasteiger partial charge is 0.497 e. The number of esters is 1. The first-order valence-electron chi connectivity index (χ1n) is 7.71. The summed E-state index contributed by atoms with van der Waals surface area (Å²) in [6.45, 7) is 4.85. The van der Waals surface area contributed by atoms with E-state index in [4.69, 9.17) is 14.2 Å². The van der Waals surface area contributed by atoms with Crippen LogP contribution in [0.25, 0.3) is 10.9 Å². The third-order valence-corrected chi connectivity index (χ3v) is 3.87. The Bertz CT molecular complexity index is 711. The molecule has 23 heavy (non-hydrogen) atoms. The van der Waals surface area contributed by atoms with Crippen molar-refractivity contribution >= 4 is 22.6 Å². The fourth-order valence-corrected chi connectivity index (χ4v) is 2.77. The van der Waals surface area contributed by atoms with Gasteiger partial charge in [-0.1, -0.05) is 0 Å². The molecule has 0 bridgehead atoms. The molecule has 6 heteroatoms. The summed E-state index contributed by atoms with van der Waals surface area (Å²) in [5.74, 6) is 0.376. The number of carbonyl (C=O) groups is 1. The number of hydrogen-bond acceptors (Lipinski definition) is 6. The lowest BCUT2D eigenvalue weighted by Crippen LogP contribution is -2.37. The molecule has 0 amide bonds. The maximum absolute atomic E-state index is 12.4. The number of ether oxygens (including phenoxy) is 3. The Morgan fingerprint density at radius 2 is 2.13 bits per heavy atom. The molecule has 2 aromatic rings. The first-order valence-corrected chi connectivity index (χ1v) is 7.71. The van der Waals surface area contributed by atoms with Crippen molar-refractivity contribution in [3.8, 4) is 5.75 Å². The number of fused-ring (bicyclic) bond motifs is 1. The lowest BCUT2D eigenvalue weighted by molar-refractivity contribution is 0.0526. The number of methoxy groups -OCH3 is 1. The molecule has 3 rings (SSSR count). The third-order valence-electron chi connectivity index (χ3n) is 3.87. The van der Waals surface area contributed by atoms with Crippen LogP contribution < -0.4 is 9.64 Å². The van der Waals surface area contributed by atoms with Gasteiger partial charge in [0.05, 0.1) is 38.1 Å². The topological polar surface area (TPSA) is 60.9 Å². The fourth-order valence-electron chi connectivity index (χ4n) is 2.77. The highest BCUT2D eigenvalue weighted by atomic mass is 16.5. The molecule has 122 valence electrons. The van der Waals surface area contributed by atoms with E-state index in [9.17, 15) is 4.79 Å². The molecule has 1 aromatic carbocycles. The zero-order valence-corrected chi connectivity index (χ0v) is 13.4. The van der Waals surface area contributed by atoms with Crippen molar-refractivity contribution in [2.24, 2.45) is 0 Å². The average molecular weight is 316 g/mol. The SMILES string of the molecule is CCOC(=O)c1cnc2ccc(OC)cc2c1N1CCOCC1. The van der Waals surface area contributed by atoms with Gasteiger partial charge in [-0.05, 0) is 25.1 Å². The van der Waals surface area contributed by atoms with E-state index in [1.807, 2.05) is 18.2 Å². The number of hydrogen-bond donors (Lipinski definition) is 0. The number of rotatable bonds is 4. The summed E-state index contributed by atoms with van der Waals surface area (Å²) < 4.78 is 15.9.